The fourth-order valence-corrected chi connectivity index (χ4v) is 5.37. The van der Waals surface area contributed by atoms with Crippen molar-refractivity contribution in [3.05, 3.63) is 60.8 Å². The van der Waals surface area contributed by atoms with E-state index in [1.54, 1.807) is 0 Å². The molecule has 2 unspecified atom stereocenters. The van der Waals surface area contributed by atoms with E-state index in [0.717, 1.165) is 51.4 Å². The number of esters is 2. The Kier molecular flexibility index (Phi) is 32.1. The van der Waals surface area contributed by atoms with E-state index in [4.69, 9.17) is 14.2 Å². The van der Waals surface area contributed by atoms with Gasteiger partial charge in [-0.2, -0.15) is 0 Å². The molecule has 8 heteroatoms. The lowest BCUT2D eigenvalue weighted by molar-refractivity contribution is -0.887. The van der Waals surface area contributed by atoms with Gasteiger partial charge in [-0.05, 0) is 44.9 Å². The number of unbranched alkanes of at least 4 members (excludes halogenated alkanes) is 10. The predicted molar refractivity (Wildman–Crippen MR) is 211 cm³/mol. The van der Waals surface area contributed by atoms with Crippen LogP contribution in [-0.2, 0) is 28.6 Å². The average Bonchev–Trinajstić information content (AvgIpc) is 3.08. The van der Waals surface area contributed by atoms with Gasteiger partial charge in [0.1, 0.15) is 6.61 Å². The molecule has 0 aromatic heterocycles. The van der Waals surface area contributed by atoms with E-state index >= 15 is 0 Å². The molecular formula is C43H74NO7+. The number of aliphatic carboxylic acids is 1. The lowest BCUT2D eigenvalue weighted by Crippen LogP contribution is -2.50. The molecule has 0 fully saturated rings. The van der Waals surface area contributed by atoms with Gasteiger partial charge in [0.15, 0.2) is 12.1 Å². The normalized spacial score (nSPS) is 13.7. The molecule has 51 heavy (non-hydrogen) atoms. The van der Waals surface area contributed by atoms with Crippen LogP contribution in [-0.4, -0.2) is 80.6 Å². The van der Waals surface area contributed by atoms with Gasteiger partial charge in [0, 0.05) is 19.3 Å². The molecule has 1 N–H and O–H groups in total. The van der Waals surface area contributed by atoms with Crippen molar-refractivity contribution >= 4 is 17.9 Å². The van der Waals surface area contributed by atoms with Crippen molar-refractivity contribution in [2.24, 2.45) is 0 Å². The second-order valence-electron chi connectivity index (χ2n) is 14.2. The molecule has 0 saturated heterocycles. The fourth-order valence-electron chi connectivity index (χ4n) is 5.37. The van der Waals surface area contributed by atoms with Gasteiger partial charge in [0.05, 0.1) is 34.4 Å². The molecule has 292 valence electrons. The minimum atomic E-state index is -0.887. The first kappa shape index (κ1) is 48.0. The number of hydrogen-bond donors (Lipinski definition) is 1. The summed E-state index contributed by atoms with van der Waals surface area (Å²) in [6, 6.07) is -0.624. The van der Waals surface area contributed by atoms with Crippen molar-refractivity contribution in [1.82, 2.24) is 0 Å². The Morgan fingerprint density at radius 2 is 1.10 bits per heavy atom. The van der Waals surface area contributed by atoms with Gasteiger partial charge in [0.25, 0.3) is 0 Å². The minimum absolute atomic E-state index is 0.0372. The summed E-state index contributed by atoms with van der Waals surface area (Å²) in [5, 5.41) is 9.58. The molecule has 0 aromatic rings. The summed E-state index contributed by atoms with van der Waals surface area (Å²) in [7, 11) is 5.49. The van der Waals surface area contributed by atoms with Gasteiger partial charge in [-0.3, -0.25) is 9.59 Å². The maximum atomic E-state index is 12.6. The number of hydrogen-bond acceptors (Lipinski definition) is 6. The Morgan fingerprint density at radius 1 is 0.608 bits per heavy atom. The number of rotatable bonds is 34. The molecule has 0 radical (unpaired) electrons. The summed E-state index contributed by atoms with van der Waals surface area (Å²) < 4.78 is 17.1. The van der Waals surface area contributed by atoms with Crippen molar-refractivity contribution in [1.29, 1.82) is 0 Å². The zero-order valence-electron chi connectivity index (χ0n) is 33.0. The summed E-state index contributed by atoms with van der Waals surface area (Å²) in [5.41, 5.74) is 0. The highest BCUT2D eigenvalue weighted by molar-refractivity contribution is 5.72. The second kappa shape index (κ2) is 34.1. The zero-order valence-corrected chi connectivity index (χ0v) is 33.0. The quantitative estimate of drug-likeness (QED) is 0.0306. The summed E-state index contributed by atoms with van der Waals surface area (Å²) in [5.74, 6) is -1.58. The molecule has 0 aliphatic rings. The molecule has 0 aromatic carbocycles. The molecule has 0 heterocycles. The fraction of sp³-hybridized carbons (Fsp3) is 0.698. The molecule has 0 amide bonds. The van der Waals surface area contributed by atoms with Crippen LogP contribution in [0.5, 0.6) is 0 Å². The van der Waals surface area contributed by atoms with Crippen LogP contribution in [0.3, 0.4) is 0 Å². The van der Waals surface area contributed by atoms with Crippen molar-refractivity contribution in [2.75, 3.05) is 41.0 Å². The molecule has 0 saturated carbocycles. The largest absolute Gasteiger partial charge is 0.477 e. The maximum absolute atomic E-state index is 12.6. The highest BCUT2D eigenvalue weighted by Crippen LogP contribution is 2.13. The van der Waals surface area contributed by atoms with Gasteiger partial charge < -0.3 is 23.8 Å². The third kappa shape index (κ3) is 32.7. The first-order chi connectivity index (χ1) is 24.6. The number of ether oxygens (including phenoxy) is 3. The first-order valence-electron chi connectivity index (χ1n) is 19.8. The summed E-state index contributed by atoms with van der Waals surface area (Å²) in [6.07, 6.45) is 39.9. The van der Waals surface area contributed by atoms with E-state index in [0.29, 0.717) is 19.3 Å². The molecular weight excluding hydrogens is 642 g/mol. The van der Waals surface area contributed by atoms with E-state index in [1.165, 1.54) is 51.4 Å². The Hall–Kier alpha value is -2.97. The number of allylic oxidation sites excluding steroid dienone is 10. The number of carboxylic acids is 1. The zero-order chi connectivity index (χ0) is 37.8. The van der Waals surface area contributed by atoms with Crippen LogP contribution >= 0.6 is 0 Å². The van der Waals surface area contributed by atoms with Gasteiger partial charge in [-0.15, -0.1) is 0 Å². The highest BCUT2D eigenvalue weighted by atomic mass is 16.6. The minimum Gasteiger partial charge on any atom is -0.477 e. The van der Waals surface area contributed by atoms with Gasteiger partial charge in [0.2, 0.25) is 0 Å². The number of carbonyl (C=O) groups is 3. The lowest BCUT2D eigenvalue weighted by atomic mass is 10.1. The SMILES string of the molecule is CC/C=C/C/C=C/C/C=C/C/C=C/C/C=C/CCC(=O)OCC(COCCC(C(=O)O)[N+](C)(C)C)OC(=O)CCCCCCCCCCCCC. The van der Waals surface area contributed by atoms with Crippen molar-refractivity contribution < 1.29 is 38.2 Å². The van der Waals surface area contributed by atoms with Gasteiger partial charge in [-0.1, -0.05) is 139 Å². The molecule has 2 atom stereocenters. The molecule has 0 aliphatic heterocycles. The number of likely N-dealkylation sites (N-methyl/N-ethyl adjacent to an activating group) is 1. The average molecular weight is 717 g/mol. The predicted octanol–water partition coefficient (Wildman–Crippen LogP) is 10.2. The van der Waals surface area contributed by atoms with Crippen LogP contribution in [0.2, 0.25) is 0 Å². The Balaban J connectivity index is 4.52. The lowest BCUT2D eigenvalue weighted by Gasteiger charge is -2.31. The number of quaternary nitrogens is 1. The molecule has 0 bridgehead atoms. The standard InChI is InChI=1S/C43H73NO7/c1-6-8-10-12-14-16-18-19-20-21-22-24-25-27-29-31-33-41(45)50-38-39(37-49-36-35-40(43(47)48)44(3,4)5)51-42(46)34-32-30-28-26-23-17-15-13-11-9-7-2/h8,10,14,16,19-20,22,24,27,29,39-40H,6-7,9,11-13,15,17-18,21,23,25-26,28,30-38H2,1-5H3/p+1/b10-8+,16-14+,20-19+,24-22+,29-27+. The van der Waals surface area contributed by atoms with E-state index in [1.807, 2.05) is 33.3 Å². The van der Waals surface area contributed by atoms with Crippen LogP contribution in [0.15, 0.2) is 60.8 Å². The molecule has 8 nitrogen and oxygen atoms in total. The summed E-state index contributed by atoms with van der Waals surface area (Å²) in [6.45, 7) is 4.51. The van der Waals surface area contributed by atoms with E-state index < -0.39 is 18.1 Å². The second-order valence-corrected chi connectivity index (χ2v) is 14.2. The van der Waals surface area contributed by atoms with E-state index in [2.05, 4.69) is 62.5 Å². The maximum Gasteiger partial charge on any atom is 0.362 e. The Labute approximate surface area is 311 Å². The third-order valence-corrected chi connectivity index (χ3v) is 8.45. The monoisotopic (exact) mass is 717 g/mol. The number of carboxylic acid groups (broad SMARTS) is 1. The van der Waals surface area contributed by atoms with Crippen molar-refractivity contribution in [3.8, 4) is 0 Å². The Morgan fingerprint density at radius 3 is 1.59 bits per heavy atom. The molecule has 0 aliphatic carbocycles. The summed E-state index contributed by atoms with van der Waals surface area (Å²) >= 11 is 0. The van der Waals surface area contributed by atoms with E-state index in [-0.39, 0.29) is 42.7 Å². The highest BCUT2D eigenvalue weighted by Gasteiger charge is 2.31. The van der Waals surface area contributed by atoms with E-state index in [9.17, 15) is 19.5 Å². The smallest absolute Gasteiger partial charge is 0.362 e. The summed E-state index contributed by atoms with van der Waals surface area (Å²) in [4.78, 5) is 36.8. The molecule has 0 spiro atoms. The van der Waals surface area contributed by atoms with Crippen LogP contribution in [0.4, 0.5) is 0 Å². The van der Waals surface area contributed by atoms with Crippen LogP contribution in [0.25, 0.3) is 0 Å². The third-order valence-electron chi connectivity index (χ3n) is 8.45. The van der Waals surface area contributed by atoms with Gasteiger partial charge in [-0.25, -0.2) is 4.79 Å². The topological polar surface area (TPSA) is 99.1 Å². The first-order valence-corrected chi connectivity index (χ1v) is 19.8. The van der Waals surface area contributed by atoms with Crippen molar-refractivity contribution in [2.45, 2.75) is 154 Å². The van der Waals surface area contributed by atoms with Crippen LogP contribution in [0.1, 0.15) is 142 Å². The van der Waals surface area contributed by atoms with Gasteiger partial charge >= 0.3 is 17.9 Å². The van der Waals surface area contributed by atoms with Crippen LogP contribution in [0, 0.1) is 0 Å². The Bertz CT molecular complexity index is 1020. The number of nitrogens with zero attached hydrogens (tertiary/aromatic N) is 1. The van der Waals surface area contributed by atoms with Crippen molar-refractivity contribution in [3.63, 3.8) is 0 Å². The number of carbonyl (C=O) groups excluding carboxylic acids is 2. The van der Waals surface area contributed by atoms with Crippen LogP contribution < -0.4 is 0 Å². The molecule has 0 rings (SSSR count).